The SMILES string of the molecule is CCC1CCCC(Nc2ccc(=O)n(C)c2)C1. The van der Waals surface area contributed by atoms with Gasteiger partial charge in [0, 0.05) is 25.4 Å². The maximum atomic E-state index is 11.3. The third-order valence-electron chi connectivity index (χ3n) is 3.82. The molecular formula is C14H22N2O. The van der Waals surface area contributed by atoms with Gasteiger partial charge in [0.1, 0.15) is 0 Å². The van der Waals surface area contributed by atoms with E-state index in [1.54, 1.807) is 17.7 Å². The second-order valence-corrected chi connectivity index (χ2v) is 5.15. The highest BCUT2D eigenvalue weighted by Gasteiger charge is 2.20. The molecule has 17 heavy (non-hydrogen) atoms. The Morgan fingerprint density at radius 2 is 2.24 bits per heavy atom. The van der Waals surface area contributed by atoms with Gasteiger partial charge < -0.3 is 9.88 Å². The van der Waals surface area contributed by atoms with Crippen LogP contribution in [0.15, 0.2) is 23.1 Å². The summed E-state index contributed by atoms with van der Waals surface area (Å²) in [5, 5.41) is 3.55. The second-order valence-electron chi connectivity index (χ2n) is 5.15. The first kappa shape index (κ1) is 12.2. The average molecular weight is 234 g/mol. The summed E-state index contributed by atoms with van der Waals surface area (Å²) < 4.78 is 1.63. The number of rotatable bonds is 3. The van der Waals surface area contributed by atoms with Crippen molar-refractivity contribution >= 4 is 5.69 Å². The zero-order valence-electron chi connectivity index (χ0n) is 10.8. The first-order chi connectivity index (χ1) is 8.19. The van der Waals surface area contributed by atoms with Crippen molar-refractivity contribution in [2.45, 2.75) is 45.1 Å². The van der Waals surface area contributed by atoms with Crippen LogP contribution in [-0.2, 0) is 7.05 Å². The van der Waals surface area contributed by atoms with Gasteiger partial charge in [0.25, 0.3) is 0 Å². The zero-order valence-corrected chi connectivity index (χ0v) is 10.8. The van der Waals surface area contributed by atoms with Crippen molar-refractivity contribution in [3.8, 4) is 0 Å². The van der Waals surface area contributed by atoms with Crippen molar-refractivity contribution in [1.29, 1.82) is 0 Å². The van der Waals surface area contributed by atoms with Crippen molar-refractivity contribution < 1.29 is 0 Å². The van der Waals surface area contributed by atoms with E-state index in [-0.39, 0.29) is 5.56 Å². The second kappa shape index (κ2) is 5.39. The first-order valence-corrected chi connectivity index (χ1v) is 6.62. The third kappa shape index (κ3) is 3.11. The highest BCUT2D eigenvalue weighted by atomic mass is 16.1. The molecule has 1 N–H and O–H groups in total. The predicted octanol–water partition coefficient (Wildman–Crippen LogP) is 2.77. The predicted molar refractivity (Wildman–Crippen MR) is 71.3 cm³/mol. The van der Waals surface area contributed by atoms with Crippen molar-refractivity contribution in [3.63, 3.8) is 0 Å². The van der Waals surface area contributed by atoms with E-state index < -0.39 is 0 Å². The highest BCUT2D eigenvalue weighted by Crippen LogP contribution is 2.28. The Labute approximate surface area is 103 Å². The maximum Gasteiger partial charge on any atom is 0.250 e. The van der Waals surface area contributed by atoms with Crippen LogP contribution in [-0.4, -0.2) is 10.6 Å². The smallest absolute Gasteiger partial charge is 0.250 e. The Kier molecular flexibility index (Phi) is 3.87. The van der Waals surface area contributed by atoms with E-state index in [4.69, 9.17) is 0 Å². The van der Waals surface area contributed by atoms with Crippen LogP contribution in [0.1, 0.15) is 39.0 Å². The topological polar surface area (TPSA) is 34.0 Å². The number of aryl methyl sites for hydroxylation is 1. The molecular weight excluding hydrogens is 212 g/mol. The number of pyridine rings is 1. The molecule has 94 valence electrons. The molecule has 1 fully saturated rings. The Hall–Kier alpha value is -1.25. The zero-order chi connectivity index (χ0) is 12.3. The molecule has 0 radical (unpaired) electrons. The van der Waals surface area contributed by atoms with Crippen molar-refractivity contribution in [2.75, 3.05) is 5.32 Å². The number of anilines is 1. The summed E-state index contributed by atoms with van der Waals surface area (Å²) in [5.41, 5.74) is 1.11. The van der Waals surface area contributed by atoms with Gasteiger partial charge in [-0.05, 0) is 24.8 Å². The van der Waals surface area contributed by atoms with Crippen LogP contribution >= 0.6 is 0 Å². The monoisotopic (exact) mass is 234 g/mol. The normalized spacial score (nSPS) is 24.6. The number of nitrogens with zero attached hydrogens (tertiary/aromatic N) is 1. The van der Waals surface area contributed by atoms with E-state index >= 15 is 0 Å². The van der Waals surface area contributed by atoms with Crippen LogP contribution in [0.4, 0.5) is 5.69 Å². The van der Waals surface area contributed by atoms with Crippen molar-refractivity contribution in [3.05, 3.63) is 28.7 Å². The van der Waals surface area contributed by atoms with Crippen LogP contribution in [0.3, 0.4) is 0 Å². The molecule has 3 heteroatoms. The minimum absolute atomic E-state index is 0.0469. The van der Waals surface area contributed by atoms with Gasteiger partial charge in [0.05, 0.1) is 5.69 Å². The molecule has 1 heterocycles. The van der Waals surface area contributed by atoms with Crippen LogP contribution in [0.25, 0.3) is 0 Å². The summed E-state index contributed by atoms with van der Waals surface area (Å²) >= 11 is 0. The van der Waals surface area contributed by atoms with E-state index in [1.165, 1.54) is 32.1 Å². The lowest BCUT2D eigenvalue weighted by Gasteiger charge is -2.29. The van der Waals surface area contributed by atoms with Crippen LogP contribution in [0.5, 0.6) is 0 Å². The van der Waals surface area contributed by atoms with E-state index in [0.717, 1.165) is 11.6 Å². The summed E-state index contributed by atoms with van der Waals surface area (Å²) in [6.07, 6.45) is 8.38. The third-order valence-corrected chi connectivity index (χ3v) is 3.82. The molecule has 1 saturated carbocycles. The van der Waals surface area contributed by atoms with E-state index in [0.29, 0.717) is 6.04 Å². The molecule has 0 aliphatic heterocycles. The van der Waals surface area contributed by atoms with E-state index in [9.17, 15) is 4.79 Å². The lowest BCUT2D eigenvalue weighted by molar-refractivity contribution is 0.327. The highest BCUT2D eigenvalue weighted by molar-refractivity contribution is 5.41. The van der Waals surface area contributed by atoms with Gasteiger partial charge in [-0.25, -0.2) is 0 Å². The molecule has 2 atom stereocenters. The molecule has 0 aromatic carbocycles. The fourth-order valence-corrected chi connectivity index (χ4v) is 2.71. The fourth-order valence-electron chi connectivity index (χ4n) is 2.71. The Morgan fingerprint density at radius 1 is 1.41 bits per heavy atom. The van der Waals surface area contributed by atoms with Crippen molar-refractivity contribution in [2.24, 2.45) is 13.0 Å². The molecule has 1 aliphatic carbocycles. The van der Waals surface area contributed by atoms with Gasteiger partial charge >= 0.3 is 0 Å². The van der Waals surface area contributed by atoms with Crippen molar-refractivity contribution in [1.82, 2.24) is 4.57 Å². The number of hydrogen-bond acceptors (Lipinski definition) is 2. The summed E-state index contributed by atoms with van der Waals surface area (Å²) in [5.74, 6) is 0.869. The molecule has 2 rings (SSSR count). The molecule has 0 saturated heterocycles. The fraction of sp³-hybridized carbons (Fsp3) is 0.643. The largest absolute Gasteiger partial charge is 0.381 e. The Bertz CT molecular complexity index is 424. The molecule has 0 amide bonds. The van der Waals surface area contributed by atoms with Gasteiger partial charge in [-0.1, -0.05) is 26.2 Å². The van der Waals surface area contributed by atoms with Gasteiger partial charge in [-0.15, -0.1) is 0 Å². The molecule has 0 spiro atoms. The molecule has 3 nitrogen and oxygen atoms in total. The lowest BCUT2D eigenvalue weighted by atomic mass is 9.84. The summed E-state index contributed by atoms with van der Waals surface area (Å²) in [6.45, 7) is 2.28. The quantitative estimate of drug-likeness (QED) is 0.872. The van der Waals surface area contributed by atoms with Gasteiger partial charge in [0.15, 0.2) is 0 Å². The average Bonchev–Trinajstić information content (AvgIpc) is 2.34. The Balaban J connectivity index is 2.00. The molecule has 2 unspecified atom stereocenters. The standard InChI is InChI=1S/C14H22N2O/c1-3-11-5-4-6-12(9-11)15-13-7-8-14(17)16(2)10-13/h7-8,10-12,15H,3-6,9H2,1-2H3. The number of nitrogens with one attached hydrogen (secondary N) is 1. The molecule has 1 aromatic heterocycles. The first-order valence-electron chi connectivity index (χ1n) is 6.62. The number of aromatic nitrogens is 1. The molecule has 1 aromatic rings. The van der Waals surface area contributed by atoms with Crippen LogP contribution in [0.2, 0.25) is 0 Å². The summed E-state index contributed by atoms with van der Waals surface area (Å²) in [4.78, 5) is 11.3. The van der Waals surface area contributed by atoms with E-state index in [2.05, 4.69) is 12.2 Å². The van der Waals surface area contributed by atoms with Gasteiger partial charge in [-0.2, -0.15) is 0 Å². The van der Waals surface area contributed by atoms with Gasteiger partial charge in [-0.3, -0.25) is 4.79 Å². The van der Waals surface area contributed by atoms with Gasteiger partial charge in [0.2, 0.25) is 5.56 Å². The summed E-state index contributed by atoms with van der Waals surface area (Å²) in [6, 6.07) is 4.09. The van der Waals surface area contributed by atoms with Crippen LogP contribution < -0.4 is 10.9 Å². The lowest BCUT2D eigenvalue weighted by Crippen LogP contribution is -2.27. The van der Waals surface area contributed by atoms with E-state index in [1.807, 2.05) is 12.3 Å². The minimum Gasteiger partial charge on any atom is -0.381 e. The van der Waals surface area contributed by atoms with Crippen LogP contribution in [0, 0.1) is 5.92 Å². The minimum atomic E-state index is 0.0469. The molecule has 0 bridgehead atoms. The Morgan fingerprint density at radius 3 is 2.94 bits per heavy atom. The maximum absolute atomic E-state index is 11.3. The summed E-state index contributed by atoms with van der Waals surface area (Å²) in [7, 11) is 1.79. The number of hydrogen-bond donors (Lipinski definition) is 1. The molecule has 1 aliphatic rings.